The highest BCUT2D eigenvalue weighted by atomic mass is 32.2. The van der Waals surface area contributed by atoms with E-state index in [-0.39, 0.29) is 16.3 Å². The van der Waals surface area contributed by atoms with Gasteiger partial charge in [-0.25, -0.2) is 22.8 Å². The van der Waals surface area contributed by atoms with Gasteiger partial charge in [-0.3, -0.25) is 4.79 Å². The largest absolute Gasteiger partial charge is 0.495 e. The van der Waals surface area contributed by atoms with Gasteiger partial charge in [0.1, 0.15) is 16.3 Å². The van der Waals surface area contributed by atoms with Crippen LogP contribution in [0, 0.1) is 12.3 Å². The average molecular weight is 432 g/mol. The van der Waals surface area contributed by atoms with Crippen molar-refractivity contribution in [1.82, 2.24) is 19.5 Å². The summed E-state index contributed by atoms with van der Waals surface area (Å²) in [5.41, 5.74) is 1.58. The summed E-state index contributed by atoms with van der Waals surface area (Å²) < 4.78 is 34.4. The number of methoxy groups -OCH3 is 1. The van der Waals surface area contributed by atoms with E-state index in [9.17, 15) is 13.2 Å². The highest BCUT2D eigenvalue weighted by Crippen LogP contribution is 2.25. The second kappa shape index (κ2) is 7.93. The van der Waals surface area contributed by atoms with Gasteiger partial charge in [0, 0.05) is 23.3 Å². The summed E-state index contributed by atoms with van der Waals surface area (Å²) in [7, 11) is -2.93. The van der Waals surface area contributed by atoms with E-state index in [2.05, 4.69) is 16.0 Å². The number of benzene rings is 2. The van der Waals surface area contributed by atoms with E-state index >= 15 is 0 Å². The molecule has 2 aromatic carbocycles. The minimum Gasteiger partial charge on any atom is -0.495 e. The highest BCUT2D eigenvalue weighted by Gasteiger charge is 2.24. The van der Waals surface area contributed by atoms with Gasteiger partial charge in [0.2, 0.25) is 0 Å². The zero-order valence-electron chi connectivity index (χ0n) is 16.3. The van der Waals surface area contributed by atoms with Crippen LogP contribution in [0.4, 0.5) is 0 Å². The number of amides is 1. The molecule has 31 heavy (non-hydrogen) atoms. The van der Waals surface area contributed by atoms with E-state index in [0.29, 0.717) is 11.1 Å². The van der Waals surface area contributed by atoms with Crippen LogP contribution in [0.2, 0.25) is 0 Å². The fraction of sp³-hybridized carbons (Fsp3) is 0.0455. The number of nitrogens with zero attached hydrogens (tertiary/aromatic N) is 3. The molecule has 9 heteroatoms. The van der Waals surface area contributed by atoms with Crippen molar-refractivity contribution in [3.8, 4) is 23.8 Å². The number of hydrogen-bond acceptors (Lipinski definition) is 6. The molecule has 0 saturated carbocycles. The van der Waals surface area contributed by atoms with Gasteiger partial charge in [-0.15, -0.1) is 6.42 Å². The molecule has 1 N–H and O–H groups in total. The van der Waals surface area contributed by atoms with Gasteiger partial charge in [0.15, 0.2) is 0 Å². The van der Waals surface area contributed by atoms with E-state index in [4.69, 9.17) is 11.2 Å². The second-order valence-electron chi connectivity index (χ2n) is 6.44. The molecule has 8 nitrogen and oxygen atoms in total. The Morgan fingerprint density at radius 1 is 1.16 bits per heavy atom. The van der Waals surface area contributed by atoms with Crippen LogP contribution in [0.5, 0.6) is 5.75 Å². The standard InChI is InChI=1S/C22H16N4O4S/c1-3-15-8-11-20(30-2)21(14-15)31(28,29)25-22(27)18-10-9-16-17(24-18)6-4-7-19(16)26-13-5-12-23-26/h1,4-14H,2H3,(H,25,27). The van der Waals surface area contributed by atoms with Crippen molar-refractivity contribution in [3.63, 3.8) is 0 Å². The molecule has 4 aromatic rings. The summed E-state index contributed by atoms with van der Waals surface area (Å²) in [5.74, 6) is 1.55. The smallest absolute Gasteiger partial charge is 0.283 e. The van der Waals surface area contributed by atoms with E-state index in [1.165, 1.54) is 25.3 Å². The monoisotopic (exact) mass is 432 g/mol. The fourth-order valence-corrected chi connectivity index (χ4v) is 4.24. The van der Waals surface area contributed by atoms with Crippen molar-refractivity contribution < 1.29 is 17.9 Å². The van der Waals surface area contributed by atoms with Gasteiger partial charge in [0.05, 0.1) is 18.3 Å². The zero-order chi connectivity index (χ0) is 22.0. The molecule has 2 heterocycles. The highest BCUT2D eigenvalue weighted by molar-refractivity contribution is 7.90. The molecule has 2 aromatic heterocycles. The molecule has 1 amide bonds. The predicted molar refractivity (Wildman–Crippen MR) is 114 cm³/mol. The van der Waals surface area contributed by atoms with E-state index in [1.807, 2.05) is 10.8 Å². The normalized spacial score (nSPS) is 11.1. The molecular formula is C22H16N4O4S. The lowest BCUT2D eigenvalue weighted by Gasteiger charge is -2.12. The van der Waals surface area contributed by atoms with Gasteiger partial charge >= 0.3 is 0 Å². The fourth-order valence-electron chi connectivity index (χ4n) is 3.08. The van der Waals surface area contributed by atoms with Crippen molar-refractivity contribution in [2.24, 2.45) is 0 Å². The Kier molecular flexibility index (Phi) is 5.15. The molecule has 0 bridgehead atoms. The molecule has 0 spiro atoms. The third kappa shape index (κ3) is 3.84. The van der Waals surface area contributed by atoms with Crippen LogP contribution in [-0.2, 0) is 10.0 Å². The molecule has 0 aliphatic carbocycles. The molecule has 0 unspecified atom stereocenters. The number of sulfonamides is 1. The third-order valence-electron chi connectivity index (χ3n) is 4.54. The van der Waals surface area contributed by atoms with Crippen molar-refractivity contribution in [2.75, 3.05) is 7.11 Å². The zero-order valence-corrected chi connectivity index (χ0v) is 17.1. The third-order valence-corrected chi connectivity index (χ3v) is 5.89. The first-order chi connectivity index (χ1) is 14.9. The SMILES string of the molecule is C#Cc1ccc(OC)c(S(=O)(=O)NC(=O)c2ccc3c(-n4cccn4)cccc3n2)c1. The summed E-state index contributed by atoms with van der Waals surface area (Å²) in [6.45, 7) is 0. The van der Waals surface area contributed by atoms with Crippen molar-refractivity contribution >= 4 is 26.8 Å². The molecule has 0 atom stereocenters. The van der Waals surface area contributed by atoms with E-state index < -0.39 is 15.9 Å². The Morgan fingerprint density at radius 3 is 2.71 bits per heavy atom. The molecule has 4 rings (SSSR count). The van der Waals surface area contributed by atoms with Gasteiger partial charge in [-0.05, 0) is 48.5 Å². The van der Waals surface area contributed by atoms with Crippen LogP contribution >= 0.6 is 0 Å². The minimum atomic E-state index is -4.25. The van der Waals surface area contributed by atoms with Crippen LogP contribution in [0.1, 0.15) is 16.1 Å². The summed E-state index contributed by atoms with van der Waals surface area (Å²) >= 11 is 0. The Hall–Kier alpha value is -4.16. The molecule has 0 aliphatic rings. The summed E-state index contributed by atoms with van der Waals surface area (Å²) in [6, 6.07) is 14.6. The summed E-state index contributed by atoms with van der Waals surface area (Å²) in [6.07, 6.45) is 8.80. The van der Waals surface area contributed by atoms with Crippen molar-refractivity contribution in [1.29, 1.82) is 0 Å². The lowest BCUT2D eigenvalue weighted by molar-refractivity contribution is 0.0977. The lowest BCUT2D eigenvalue weighted by Crippen LogP contribution is -2.31. The van der Waals surface area contributed by atoms with Crippen LogP contribution in [0.15, 0.2) is 71.9 Å². The predicted octanol–water partition coefficient (Wildman–Crippen LogP) is 2.53. The second-order valence-corrected chi connectivity index (χ2v) is 8.09. The quantitative estimate of drug-likeness (QED) is 0.486. The van der Waals surface area contributed by atoms with E-state index in [1.54, 1.807) is 47.4 Å². The Balaban J connectivity index is 1.68. The number of pyridine rings is 1. The Bertz CT molecular complexity index is 1440. The van der Waals surface area contributed by atoms with Crippen molar-refractivity contribution in [3.05, 3.63) is 78.2 Å². The molecule has 154 valence electrons. The van der Waals surface area contributed by atoms with Gasteiger partial charge < -0.3 is 4.74 Å². The van der Waals surface area contributed by atoms with Crippen LogP contribution < -0.4 is 9.46 Å². The maximum absolute atomic E-state index is 12.8. The van der Waals surface area contributed by atoms with E-state index in [0.717, 1.165) is 11.1 Å². The number of aromatic nitrogens is 3. The number of ether oxygens (including phenoxy) is 1. The number of fused-ring (bicyclic) bond motifs is 1. The molecule has 0 aliphatic heterocycles. The first-order valence-electron chi connectivity index (χ1n) is 9.04. The molecule has 0 fully saturated rings. The number of rotatable bonds is 5. The first-order valence-corrected chi connectivity index (χ1v) is 10.5. The number of carbonyl (C=O) groups excluding carboxylic acids is 1. The van der Waals surface area contributed by atoms with Crippen LogP contribution in [0.25, 0.3) is 16.6 Å². The van der Waals surface area contributed by atoms with Gasteiger partial charge in [-0.2, -0.15) is 5.10 Å². The molecule has 0 saturated heterocycles. The first kappa shape index (κ1) is 20.1. The lowest BCUT2D eigenvalue weighted by atomic mass is 10.1. The Labute approximate surface area is 178 Å². The minimum absolute atomic E-state index is 0.0549. The average Bonchev–Trinajstić information content (AvgIpc) is 3.32. The molecule has 0 radical (unpaired) electrons. The number of terminal acetylenes is 1. The topological polar surface area (TPSA) is 103 Å². The van der Waals surface area contributed by atoms with Crippen molar-refractivity contribution in [2.45, 2.75) is 4.90 Å². The van der Waals surface area contributed by atoms with Crippen LogP contribution in [-0.4, -0.2) is 36.2 Å². The summed E-state index contributed by atoms with van der Waals surface area (Å²) in [5, 5.41) is 4.97. The Morgan fingerprint density at radius 2 is 2.00 bits per heavy atom. The molecular weight excluding hydrogens is 416 g/mol. The number of nitrogens with one attached hydrogen (secondary N) is 1. The number of carbonyl (C=O) groups is 1. The maximum Gasteiger partial charge on any atom is 0.283 e. The summed E-state index contributed by atoms with van der Waals surface area (Å²) in [4.78, 5) is 16.8. The van der Waals surface area contributed by atoms with Gasteiger partial charge in [-0.1, -0.05) is 12.0 Å². The number of hydrogen-bond donors (Lipinski definition) is 1. The maximum atomic E-state index is 12.8. The van der Waals surface area contributed by atoms with Gasteiger partial charge in [0.25, 0.3) is 15.9 Å². The van der Waals surface area contributed by atoms with Crippen LogP contribution in [0.3, 0.4) is 0 Å².